The molecule has 2 aromatic carbocycles. The van der Waals surface area contributed by atoms with Gasteiger partial charge in [-0.15, -0.1) is 5.10 Å². The number of carbonyl (C=O) groups is 1. The summed E-state index contributed by atoms with van der Waals surface area (Å²) >= 11 is 6.89. The number of hydrogen-bond donors (Lipinski definition) is 2. The van der Waals surface area contributed by atoms with Gasteiger partial charge in [-0.25, -0.2) is 9.37 Å². The number of rotatable bonds is 5. The van der Waals surface area contributed by atoms with E-state index in [1.165, 1.54) is 30.0 Å². The zero-order valence-corrected chi connectivity index (χ0v) is 14.8. The van der Waals surface area contributed by atoms with Crippen LogP contribution in [0.15, 0.2) is 47.6 Å². The van der Waals surface area contributed by atoms with Crippen LogP contribution >= 0.6 is 23.4 Å². The minimum Gasteiger partial charge on any atom is -0.325 e. The lowest BCUT2D eigenvalue weighted by atomic mass is 10.1. The number of thioether (sulfide) groups is 1. The molecule has 0 bridgehead atoms. The summed E-state index contributed by atoms with van der Waals surface area (Å²) in [4.78, 5) is 16.3. The molecule has 0 saturated heterocycles. The van der Waals surface area contributed by atoms with Crippen molar-refractivity contribution in [3.05, 3.63) is 58.9 Å². The molecule has 8 heteroatoms. The second kappa shape index (κ2) is 7.67. The lowest BCUT2D eigenvalue weighted by molar-refractivity contribution is -0.113. The third kappa shape index (κ3) is 4.58. The third-order valence-electron chi connectivity index (χ3n) is 3.33. The summed E-state index contributed by atoms with van der Waals surface area (Å²) < 4.78 is 13.1. The monoisotopic (exact) mass is 376 g/mol. The van der Waals surface area contributed by atoms with E-state index < -0.39 is 5.82 Å². The molecule has 0 radical (unpaired) electrons. The Bertz CT molecular complexity index is 898. The number of anilines is 1. The molecule has 1 aromatic heterocycles. The van der Waals surface area contributed by atoms with Crippen LogP contribution in [0.4, 0.5) is 10.1 Å². The number of aryl methyl sites for hydroxylation is 1. The average molecular weight is 377 g/mol. The summed E-state index contributed by atoms with van der Waals surface area (Å²) in [6.07, 6.45) is 0. The number of benzene rings is 2. The van der Waals surface area contributed by atoms with Crippen LogP contribution < -0.4 is 5.32 Å². The second-order valence-corrected chi connectivity index (χ2v) is 6.65. The lowest BCUT2D eigenvalue weighted by Crippen LogP contribution is -2.14. The van der Waals surface area contributed by atoms with Crippen LogP contribution in [0.5, 0.6) is 0 Å². The highest BCUT2D eigenvalue weighted by molar-refractivity contribution is 7.99. The van der Waals surface area contributed by atoms with Crippen molar-refractivity contribution in [1.82, 2.24) is 15.2 Å². The van der Waals surface area contributed by atoms with Gasteiger partial charge in [-0.05, 0) is 25.1 Å². The van der Waals surface area contributed by atoms with E-state index in [2.05, 4.69) is 20.5 Å². The SMILES string of the molecule is Cc1ccc(-c2nc(SCC(=O)Nc3ccc(F)c(Cl)c3)n[nH]2)cc1. The molecule has 0 spiro atoms. The van der Waals surface area contributed by atoms with Gasteiger partial charge in [-0.1, -0.05) is 53.2 Å². The van der Waals surface area contributed by atoms with Crippen molar-refractivity contribution in [3.8, 4) is 11.4 Å². The fourth-order valence-corrected chi connectivity index (χ4v) is 2.83. The number of hydrogen-bond acceptors (Lipinski definition) is 4. The van der Waals surface area contributed by atoms with Gasteiger partial charge >= 0.3 is 0 Å². The standard InChI is InChI=1S/C17H14ClFN4OS/c1-10-2-4-11(5-3-10)16-21-17(23-22-16)25-9-15(24)20-12-6-7-14(19)13(18)8-12/h2-8H,9H2,1H3,(H,20,24)(H,21,22,23). The van der Waals surface area contributed by atoms with Gasteiger partial charge in [0.05, 0.1) is 10.8 Å². The van der Waals surface area contributed by atoms with E-state index in [0.717, 1.165) is 11.1 Å². The highest BCUT2D eigenvalue weighted by Gasteiger charge is 2.10. The Morgan fingerprint density at radius 1 is 1.28 bits per heavy atom. The van der Waals surface area contributed by atoms with Crippen LogP contribution in [0, 0.1) is 12.7 Å². The van der Waals surface area contributed by atoms with Gasteiger partial charge < -0.3 is 5.32 Å². The van der Waals surface area contributed by atoms with Gasteiger partial charge in [0.15, 0.2) is 5.82 Å². The number of nitrogens with zero attached hydrogens (tertiary/aromatic N) is 2. The highest BCUT2D eigenvalue weighted by Crippen LogP contribution is 2.21. The summed E-state index contributed by atoms with van der Waals surface area (Å²) in [6.45, 7) is 2.01. The van der Waals surface area contributed by atoms with E-state index >= 15 is 0 Å². The predicted molar refractivity (Wildman–Crippen MR) is 97.3 cm³/mol. The molecule has 0 aliphatic carbocycles. The molecule has 5 nitrogen and oxygen atoms in total. The van der Waals surface area contributed by atoms with Crippen LogP contribution in [0.1, 0.15) is 5.56 Å². The van der Waals surface area contributed by atoms with Gasteiger partial charge in [0, 0.05) is 11.3 Å². The Balaban J connectivity index is 1.57. The van der Waals surface area contributed by atoms with E-state index in [1.54, 1.807) is 0 Å². The first-order chi connectivity index (χ1) is 12.0. The molecule has 0 saturated carbocycles. The van der Waals surface area contributed by atoms with Crippen LogP contribution in [0.2, 0.25) is 5.02 Å². The molecular formula is C17H14ClFN4OS. The van der Waals surface area contributed by atoms with Crippen molar-refractivity contribution in [2.24, 2.45) is 0 Å². The maximum atomic E-state index is 13.1. The third-order valence-corrected chi connectivity index (χ3v) is 4.46. The van der Waals surface area contributed by atoms with Crippen molar-refractivity contribution in [2.75, 3.05) is 11.1 Å². The Kier molecular flexibility index (Phi) is 5.35. The first-order valence-electron chi connectivity index (χ1n) is 7.38. The Morgan fingerprint density at radius 2 is 2.04 bits per heavy atom. The van der Waals surface area contributed by atoms with Gasteiger partial charge in [0.1, 0.15) is 5.82 Å². The molecule has 0 unspecified atom stereocenters. The maximum Gasteiger partial charge on any atom is 0.234 e. The summed E-state index contributed by atoms with van der Waals surface area (Å²) in [7, 11) is 0. The molecule has 2 N–H and O–H groups in total. The summed E-state index contributed by atoms with van der Waals surface area (Å²) in [6, 6.07) is 11.9. The van der Waals surface area contributed by atoms with Gasteiger partial charge in [-0.3, -0.25) is 9.89 Å². The zero-order chi connectivity index (χ0) is 17.8. The van der Waals surface area contributed by atoms with Gasteiger partial charge in [-0.2, -0.15) is 0 Å². The van der Waals surface area contributed by atoms with E-state index in [1.807, 2.05) is 31.2 Å². The molecule has 3 aromatic rings. The van der Waals surface area contributed by atoms with E-state index in [-0.39, 0.29) is 16.7 Å². The van der Waals surface area contributed by atoms with Crippen LogP contribution in [-0.4, -0.2) is 26.8 Å². The molecule has 0 aliphatic rings. The summed E-state index contributed by atoms with van der Waals surface area (Å²) in [5.41, 5.74) is 2.53. The largest absolute Gasteiger partial charge is 0.325 e. The molecule has 25 heavy (non-hydrogen) atoms. The fourth-order valence-electron chi connectivity index (χ4n) is 2.05. The lowest BCUT2D eigenvalue weighted by Gasteiger charge is -2.04. The van der Waals surface area contributed by atoms with Crippen molar-refractivity contribution in [1.29, 1.82) is 0 Å². The number of aromatic amines is 1. The quantitative estimate of drug-likeness (QED) is 0.651. The van der Waals surface area contributed by atoms with Crippen molar-refractivity contribution >= 4 is 35.0 Å². The minimum absolute atomic E-state index is 0.0397. The first-order valence-corrected chi connectivity index (χ1v) is 8.75. The fraction of sp³-hybridized carbons (Fsp3) is 0.118. The minimum atomic E-state index is -0.529. The van der Waals surface area contributed by atoms with Crippen molar-refractivity contribution < 1.29 is 9.18 Å². The molecule has 3 rings (SSSR count). The van der Waals surface area contributed by atoms with E-state index in [0.29, 0.717) is 16.7 Å². The van der Waals surface area contributed by atoms with Crippen LogP contribution in [0.3, 0.4) is 0 Å². The second-order valence-electron chi connectivity index (χ2n) is 5.30. The van der Waals surface area contributed by atoms with Crippen molar-refractivity contribution in [3.63, 3.8) is 0 Å². The van der Waals surface area contributed by atoms with Crippen LogP contribution in [-0.2, 0) is 4.79 Å². The zero-order valence-electron chi connectivity index (χ0n) is 13.2. The van der Waals surface area contributed by atoms with E-state index in [4.69, 9.17) is 11.6 Å². The molecule has 0 fully saturated rings. The van der Waals surface area contributed by atoms with Gasteiger partial charge in [0.25, 0.3) is 0 Å². The highest BCUT2D eigenvalue weighted by atomic mass is 35.5. The van der Waals surface area contributed by atoms with Crippen molar-refractivity contribution in [2.45, 2.75) is 12.1 Å². The molecule has 0 aliphatic heterocycles. The molecule has 128 valence electrons. The molecule has 1 amide bonds. The molecule has 1 heterocycles. The van der Waals surface area contributed by atoms with E-state index in [9.17, 15) is 9.18 Å². The number of aromatic nitrogens is 3. The topological polar surface area (TPSA) is 70.7 Å². The summed E-state index contributed by atoms with van der Waals surface area (Å²) in [5.74, 6) is -0.0128. The number of H-pyrrole nitrogens is 1. The number of amides is 1. The normalized spacial score (nSPS) is 10.7. The van der Waals surface area contributed by atoms with Gasteiger partial charge in [0.2, 0.25) is 11.1 Å². The molecular weight excluding hydrogens is 363 g/mol. The number of nitrogens with one attached hydrogen (secondary N) is 2. The number of carbonyl (C=O) groups excluding carboxylic acids is 1. The predicted octanol–water partition coefficient (Wildman–Crippen LogP) is 4.30. The first kappa shape index (κ1) is 17.4. The van der Waals surface area contributed by atoms with Crippen LogP contribution in [0.25, 0.3) is 11.4 Å². The smallest absolute Gasteiger partial charge is 0.234 e. The maximum absolute atomic E-state index is 13.1. The Hall–Kier alpha value is -2.38. The number of halogens is 2. The Morgan fingerprint density at radius 3 is 2.76 bits per heavy atom. The molecule has 0 atom stereocenters. The summed E-state index contributed by atoms with van der Waals surface area (Å²) in [5, 5.41) is 10.0. The Labute approximate surface area is 153 Å². The average Bonchev–Trinajstić information content (AvgIpc) is 3.06.